The van der Waals surface area contributed by atoms with E-state index in [4.69, 9.17) is 52.1 Å². The van der Waals surface area contributed by atoms with Crippen LogP contribution in [-0.4, -0.2) is 70.3 Å². The molecule has 0 bridgehead atoms. The molecule has 0 N–H and O–H groups in total. The number of hydrogen-bond acceptors (Lipinski definition) is 13. The van der Waals surface area contributed by atoms with Gasteiger partial charge in [0, 0.05) is 59.3 Å². The van der Waals surface area contributed by atoms with Gasteiger partial charge in [-0.1, -0.05) is 24.3 Å². The summed E-state index contributed by atoms with van der Waals surface area (Å²) in [4.78, 5) is 4.25. The van der Waals surface area contributed by atoms with Crippen molar-refractivity contribution in [1.29, 1.82) is 0 Å². The third-order valence-corrected chi connectivity index (χ3v) is 11.4. The van der Waals surface area contributed by atoms with Gasteiger partial charge in [0.2, 0.25) is 13.6 Å². The van der Waals surface area contributed by atoms with E-state index < -0.39 is 12.5 Å². The molecule has 0 saturated heterocycles. The van der Waals surface area contributed by atoms with Gasteiger partial charge in [-0.05, 0) is 35.0 Å². The maximum Gasteiger partial charge on any atom is 0.231 e. The van der Waals surface area contributed by atoms with Gasteiger partial charge in [0.1, 0.15) is 11.5 Å². The van der Waals surface area contributed by atoms with Gasteiger partial charge in [0.15, 0.2) is 58.5 Å². The molecule has 0 fully saturated rings. The first-order valence-electron chi connectivity index (χ1n) is 18.3. The van der Waals surface area contributed by atoms with Crippen LogP contribution in [0.5, 0.6) is 57.5 Å². The lowest BCUT2D eigenvalue weighted by Gasteiger charge is -2.45. The van der Waals surface area contributed by atoms with E-state index in [9.17, 15) is 0 Å². The van der Waals surface area contributed by atoms with E-state index >= 15 is 0 Å². The first kappa shape index (κ1) is 34.9. The molecule has 57 heavy (non-hydrogen) atoms. The van der Waals surface area contributed by atoms with Gasteiger partial charge in [-0.25, -0.2) is 0 Å². The van der Waals surface area contributed by atoms with Crippen molar-refractivity contribution in [2.24, 2.45) is 0 Å². The predicted molar refractivity (Wildman–Crippen MR) is 214 cm³/mol. The summed E-state index contributed by atoms with van der Waals surface area (Å²) >= 11 is 0. The van der Waals surface area contributed by atoms with Crippen molar-refractivity contribution in [2.75, 3.05) is 80.1 Å². The number of nitrogens with zero attached hydrogens (tertiary/aromatic N) is 2. The fraction of sp³-hybridized carbons (Fsp3) is 0.273. The van der Waals surface area contributed by atoms with Gasteiger partial charge in [0.25, 0.3) is 0 Å². The monoisotopic (exact) mass is 772 g/mol. The van der Waals surface area contributed by atoms with Crippen LogP contribution >= 0.6 is 0 Å². The second kappa shape index (κ2) is 13.0. The number of ether oxygens (including phenoxy) is 11. The molecule has 0 aliphatic carbocycles. The van der Waals surface area contributed by atoms with Crippen LogP contribution in [0.25, 0.3) is 43.8 Å². The normalized spacial score (nSPS) is 16.8. The number of hydrogen-bond donors (Lipinski definition) is 0. The number of rotatable bonds is 8. The minimum Gasteiger partial charge on any atom is -0.496 e. The third-order valence-electron chi connectivity index (χ3n) is 11.4. The molecule has 0 aromatic heterocycles. The van der Waals surface area contributed by atoms with Crippen LogP contribution in [0.15, 0.2) is 60.7 Å². The highest BCUT2D eigenvalue weighted by atomic mass is 16.7. The zero-order valence-electron chi connectivity index (χ0n) is 32.7. The average Bonchev–Trinajstić information content (AvgIpc) is 3.91. The van der Waals surface area contributed by atoms with Crippen molar-refractivity contribution in [2.45, 2.75) is 12.5 Å². The number of fused-ring (bicyclic) bond motifs is 12. The van der Waals surface area contributed by atoms with Gasteiger partial charge in [0.05, 0.1) is 65.2 Å². The van der Waals surface area contributed by atoms with Gasteiger partial charge in [-0.15, -0.1) is 0 Å². The molecule has 0 radical (unpaired) electrons. The summed E-state index contributed by atoms with van der Waals surface area (Å²) < 4.78 is 67.5. The first-order valence-corrected chi connectivity index (χ1v) is 18.3. The Labute approximate surface area is 328 Å². The lowest BCUT2D eigenvalue weighted by Crippen LogP contribution is -2.38. The molecule has 6 aromatic rings. The Balaban J connectivity index is 1.26. The largest absolute Gasteiger partial charge is 0.496 e. The van der Waals surface area contributed by atoms with Crippen LogP contribution in [0.3, 0.4) is 0 Å². The quantitative estimate of drug-likeness (QED) is 0.148. The summed E-state index contributed by atoms with van der Waals surface area (Å²) in [6.07, 6.45) is -1.61. The molecule has 292 valence electrons. The standard InChI is InChI=1S/C44H40N2O11/c1-45-39-23(11-9-21-13-27-29(15-25(21)39)55-19-53-27)35-31(47-3)17-33(49-5)41(51-7)37(35)43(45)57-44-38-36(32(48-4)18-34(50-6)42(38)52-8)24-12-10-22-14-28-30(56-20-54-28)16-26(22)40(24)46(44)2/h9-18,43-44H,19-20H2,1-8H3. The SMILES string of the molecule is COc1cc(OC)c2c(c1OC)C(OC1c3c(OC)c(OC)cc(OC)c3-c3ccc4cc5c(cc4c3N1C)OCO5)N(C)c1c-2ccc2cc3c(cc12)OCO3. The molecule has 10 rings (SSSR count). The predicted octanol–water partition coefficient (Wildman–Crippen LogP) is 8.45. The van der Waals surface area contributed by atoms with E-state index in [1.54, 1.807) is 42.7 Å². The molecule has 13 nitrogen and oxygen atoms in total. The lowest BCUT2D eigenvalue weighted by molar-refractivity contribution is -0.0166. The van der Waals surface area contributed by atoms with Crippen LogP contribution < -0.4 is 57.2 Å². The van der Waals surface area contributed by atoms with E-state index in [0.29, 0.717) is 57.5 Å². The van der Waals surface area contributed by atoms with Crippen molar-refractivity contribution >= 4 is 32.9 Å². The molecule has 6 aromatic carbocycles. The Bertz CT molecular complexity index is 2480. The van der Waals surface area contributed by atoms with Gasteiger partial charge < -0.3 is 61.9 Å². The number of benzene rings is 6. The van der Waals surface area contributed by atoms with E-state index in [2.05, 4.69) is 34.1 Å². The van der Waals surface area contributed by atoms with Crippen LogP contribution in [0.1, 0.15) is 23.6 Å². The molecule has 4 aliphatic heterocycles. The molecular formula is C44H40N2O11. The molecule has 4 heterocycles. The maximum atomic E-state index is 7.65. The Morgan fingerprint density at radius 2 is 0.860 bits per heavy atom. The minimum atomic E-state index is -0.804. The van der Waals surface area contributed by atoms with Gasteiger partial charge >= 0.3 is 0 Å². The van der Waals surface area contributed by atoms with Gasteiger partial charge in [-0.2, -0.15) is 0 Å². The fourth-order valence-corrected chi connectivity index (χ4v) is 8.97. The van der Waals surface area contributed by atoms with Gasteiger partial charge in [-0.3, -0.25) is 0 Å². The topological polar surface area (TPSA) is 108 Å². The van der Waals surface area contributed by atoms with Crippen LogP contribution in [0, 0.1) is 0 Å². The summed E-state index contributed by atoms with van der Waals surface area (Å²) in [5.41, 5.74) is 6.70. The molecule has 0 spiro atoms. The molecule has 2 unspecified atom stereocenters. The third kappa shape index (κ3) is 4.84. The molecule has 4 aliphatic rings. The van der Waals surface area contributed by atoms with E-state index in [0.717, 1.165) is 66.3 Å². The zero-order chi connectivity index (χ0) is 39.3. The zero-order valence-corrected chi connectivity index (χ0v) is 32.7. The van der Waals surface area contributed by atoms with Crippen molar-refractivity contribution in [1.82, 2.24) is 0 Å². The minimum absolute atomic E-state index is 0.156. The summed E-state index contributed by atoms with van der Waals surface area (Å²) in [6, 6.07) is 20.1. The maximum absolute atomic E-state index is 7.65. The summed E-state index contributed by atoms with van der Waals surface area (Å²) in [7, 11) is 13.8. The van der Waals surface area contributed by atoms with Crippen LogP contribution in [0.2, 0.25) is 0 Å². The van der Waals surface area contributed by atoms with E-state index in [1.807, 2.05) is 50.5 Å². The highest BCUT2D eigenvalue weighted by Gasteiger charge is 2.44. The van der Waals surface area contributed by atoms with Crippen LogP contribution in [-0.2, 0) is 4.74 Å². The highest BCUT2D eigenvalue weighted by Crippen LogP contribution is 2.61. The Morgan fingerprint density at radius 3 is 1.23 bits per heavy atom. The van der Waals surface area contributed by atoms with Crippen molar-refractivity contribution in [3.05, 3.63) is 71.8 Å². The van der Waals surface area contributed by atoms with Crippen LogP contribution in [0.4, 0.5) is 11.4 Å². The van der Waals surface area contributed by atoms with Crippen molar-refractivity contribution in [3.63, 3.8) is 0 Å². The second-order valence-corrected chi connectivity index (χ2v) is 14.0. The lowest BCUT2D eigenvalue weighted by atomic mass is 9.86. The summed E-state index contributed by atoms with van der Waals surface area (Å²) in [5, 5.41) is 3.84. The molecule has 13 heteroatoms. The molecular weight excluding hydrogens is 732 g/mol. The fourth-order valence-electron chi connectivity index (χ4n) is 8.97. The Morgan fingerprint density at radius 1 is 0.474 bits per heavy atom. The smallest absolute Gasteiger partial charge is 0.231 e. The molecule has 2 atom stereocenters. The Hall–Kier alpha value is -6.60. The second-order valence-electron chi connectivity index (χ2n) is 14.0. The highest BCUT2D eigenvalue weighted by molar-refractivity contribution is 6.08. The summed E-state index contributed by atoms with van der Waals surface area (Å²) in [5.74, 6) is 5.92. The van der Waals surface area contributed by atoms with Crippen molar-refractivity contribution in [3.8, 4) is 79.7 Å². The first-order chi connectivity index (χ1) is 27.8. The Kier molecular flexibility index (Phi) is 7.94. The van der Waals surface area contributed by atoms with Crippen molar-refractivity contribution < 1.29 is 52.1 Å². The average molecular weight is 773 g/mol. The number of anilines is 2. The van der Waals surface area contributed by atoms with E-state index in [-0.39, 0.29) is 13.6 Å². The summed E-state index contributed by atoms with van der Waals surface area (Å²) in [6.45, 7) is 0.312. The van der Waals surface area contributed by atoms with E-state index in [1.165, 1.54) is 0 Å². The molecule has 0 amide bonds. The number of methoxy groups -OCH3 is 6. The molecule has 0 saturated carbocycles.